The molecule has 6 heteroatoms. The summed E-state index contributed by atoms with van der Waals surface area (Å²) in [5.41, 5.74) is -0.694. The maximum Gasteiger partial charge on any atom is 0.416 e. The zero-order valence-corrected chi connectivity index (χ0v) is 10.6. The van der Waals surface area contributed by atoms with Crippen LogP contribution in [-0.4, -0.2) is 5.24 Å². The van der Waals surface area contributed by atoms with Crippen LogP contribution in [0, 0.1) is 5.82 Å². The van der Waals surface area contributed by atoms with Gasteiger partial charge in [-0.3, -0.25) is 4.79 Å². The van der Waals surface area contributed by atoms with Gasteiger partial charge in [0.1, 0.15) is 5.82 Å². The Labute approximate surface area is 116 Å². The van der Waals surface area contributed by atoms with Crippen molar-refractivity contribution in [1.29, 1.82) is 0 Å². The Hall–Kier alpha value is -1.88. The van der Waals surface area contributed by atoms with Gasteiger partial charge >= 0.3 is 6.18 Å². The van der Waals surface area contributed by atoms with Crippen molar-refractivity contribution in [1.82, 2.24) is 0 Å². The first kappa shape index (κ1) is 14.5. The van der Waals surface area contributed by atoms with Gasteiger partial charge in [-0.2, -0.15) is 13.2 Å². The topological polar surface area (TPSA) is 17.1 Å². The number of halogens is 5. The smallest absolute Gasteiger partial charge is 0.275 e. The molecule has 0 amide bonds. The van der Waals surface area contributed by atoms with Crippen molar-refractivity contribution in [2.75, 3.05) is 0 Å². The van der Waals surface area contributed by atoms with E-state index in [2.05, 4.69) is 0 Å². The summed E-state index contributed by atoms with van der Waals surface area (Å²) < 4.78 is 51.2. The van der Waals surface area contributed by atoms with Crippen molar-refractivity contribution in [2.45, 2.75) is 6.18 Å². The first-order valence-corrected chi connectivity index (χ1v) is 5.84. The maximum absolute atomic E-state index is 13.3. The second-order valence-corrected chi connectivity index (χ2v) is 4.39. The van der Waals surface area contributed by atoms with Gasteiger partial charge in [-0.25, -0.2) is 4.39 Å². The largest absolute Gasteiger partial charge is 0.416 e. The van der Waals surface area contributed by atoms with Gasteiger partial charge in [0.15, 0.2) is 0 Å². The minimum atomic E-state index is -4.47. The molecule has 0 aromatic heterocycles. The first-order chi connectivity index (χ1) is 9.29. The Morgan fingerprint density at radius 1 is 1.00 bits per heavy atom. The molecule has 0 fully saturated rings. The highest BCUT2D eigenvalue weighted by molar-refractivity contribution is 6.67. The molecular weight excluding hydrogens is 296 g/mol. The molecule has 0 spiro atoms. The number of rotatable bonds is 2. The molecule has 0 aliphatic rings. The summed E-state index contributed by atoms with van der Waals surface area (Å²) in [4.78, 5) is 11.0. The zero-order chi connectivity index (χ0) is 14.9. The molecule has 0 N–H and O–H groups in total. The van der Waals surface area contributed by atoms with Crippen LogP contribution in [0.3, 0.4) is 0 Å². The van der Waals surface area contributed by atoms with E-state index in [0.29, 0.717) is 0 Å². The molecule has 0 saturated carbocycles. The summed E-state index contributed by atoms with van der Waals surface area (Å²) in [7, 11) is 0. The van der Waals surface area contributed by atoms with Gasteiger partial charge in [-0.1, -0.05) is 18.2 Å². The number of carbonyl (C=O) groups is 1. The van der Waals surface area contributed by atoms with E-state index in [0.717, 1.165) is 24.3 Å². The highest BCUT2D eigenvalue weighted by Gasteiger charge is 2.30. The molecule has 2 aromatic rings. The highest BCUT2D eigenvalue weighted by Crippen LogP contribution is 2.32. The van der Waals surface area contributed by atoms with Crippen LogP contribution in [0.1, 0.15) is 15.9 Å². The predicted molar refractivity (Wildman–Crippen MR) is 67.0 cm³/mol. The zero-order valence-electron chi connectivity index (χ0n) is 9.84. The van der Waals surface area contributed by atoms with Crippen LogP contribution in [0.25, 0.3) is 11.1 Å². The van der Waals surface area contributed by atoms with Crippen LogP contribution in [0.2, 0.25) is 0 Å². The minimum Gasteiger partial charge on any atom is -0.275 e. The summed E-state index contributed by atoms with van der Waals surface area (Å²) in [6.07, 6.45) is -4.47. The van der Waals surface area contributed by atoms with Gasteiger partial charge < -0.3 is 0 Å². The summed E-state index contributed by atoms with van der Waals surface area (Å²) in [6.45, 7) is 0. The second kappa shape index (κ2) is 5.25. The molecule has 2 rings (SSSR count). The molecule has 0 radical (unpaired) electrons. The lowest BCUT2D eigenvalue weighted by Gasteiger charge is -2.09. The molecule has 1 nitrogen and oxygen atoms in total. The van der Waals surface area contributed by atoms with Gasteiger partial charge in [0.05, 0.1) is 11.1 Å². The number of benzene rings is 2. The monoisotopic (exact) mass is 302 g/mol. The Kier molecular flexibility index (Phi) is 3.81. The van der Waals surface area contributed by atoms with Crippen molar-refractivity contribution in [2.24, 2.45) is 0 Å². The summed E-state index contributed by atoms with van der Waals surface area (Å²) in [5, 5.41) is -1.00. The van der Waals surface area contributed by atoms with Gasteiger partial charge in [0, 0.05) is 0 Å². The second-order valence-electron chi connectivity index (χ2n) is 4.05. The van der Waals surface area contributed by atoms with Crippen molar-refractivity contribution >= 4 is 16.8 Å². The van der Waals surface area contributed by atoms with E-state index >= 15 is 0 Å². The molecule has 2 aromatic carbocycles. The molecule has 0 saturated heterocycles. The average molecular weight is 303 g/mol. The van der Waals surface area contributed by atoms with Crippen LogP contribution in [0.5, 0.6) is 0 Å². The van der Waals surface area contributed by atoms with E-state index in [1.165, 1.54) is 18.2 Å². The molecule has 0 bridgehead atoms. The van der Waals surface area contributed by atoms with Crippen LogP contribution < -0.4 is 0 Å². The lowest BCUT2D eigenvalue weighted by atomic mass is 10.0. The fourth-order valence-electron chi connectivity index (χ4n) is 1.73. The molecule has 0 heterocycles. The van der Waals surface area contributed by atoms with E-state index in [1.807, 2.05) is 0 Å². The Bertz CT molecular complexity index is 664. The molecule has 0 aliphatic heterocycles. The summed E-state index contributed by atoms with van der Waals surface area (Å²) >= 11 is 5.21. The lowest BCUT2D eigenvalue weighted by molar-refractivity contribution is -0.137. The van der Waals surface area contributed by atoms with E-state index < -0.39 is 22.8 Å². The molecule has 0 aliphatic carbocycles. The standard InChI is InChI=1S/C14H7ClF4O/c15-13(20)11-7-9(4-5-12(11)16)8-2-1-3-10(6-8)14(17,18)19/h1-7H. The van der Waals surface area contributed by atoms with Gasteiger partial charge in [-0.05, 0) is 47.0 Å². The third-order valence-corrected chi connectivity index (χ3v) is 2.90. The fraction of sp³-hybridized carbons (Fsp3) is 0.0714. The summed E-state index contributed by atoms with van der Waals surface area (Å²) in [6, 6.07) is 7.94. The van der Waals surface area contributed by atoms with E-state index in [4.69, 9.17) is 11.6 Å². The van der Waals surface area contributed by atoms with Crippen molar-refractivity contribution in [3.05, 3.63) is 59.4 Å². The maximum atomic E-state index is 13.3. The molecule has 104 valence electrons. The fourth-order valence-corrected chi connectivity index (χ4v) is 1.88. The first-order valence-electron chi connectivity index (χ1n) is 5.46. The Morgan fingerprint density at radius 2 is 1.65 bits per heavy atom. The van der Waals surface area contributed by atoms with Crippen LogP contribution in [-0.2, 0) is 6.18 Å². The molecule has 0 unspecified atom stereocenters. The summed E-state index contributed by atoms with van der Waals surface area (Å²) in [5.74, 6) is -0.819. The van der Waals surface area contributed by atoms with Crippen molar-refractivity contribution in [3.8, 4) is 11.1 Å². The number of alkyl halides is 3. The van der Waals surface area contributed by atoms with E-state index in [9.17, 15) is 22.4 Å². The number of carbonyl (C=O) groups excluding carboxylic acids is 1. The van der Waals surface area contributed by atoms with Crippen LogP contribution in [0.15, 0.2) is 42.5 Å². The molecular formula is C14H7ClF4O. The van der Waals surface area contributed by atoms with Gasteiger partial charge in [0.25, 0.3) is 5.24 Å². The third-order valence-electron chi connectivity index (χ3n) is 2.70. The molecule has 20 heavy (non-hydrogen) atoms. The average Bonchev–Trinajstić information content (AvgIpc) is 2.38. The van der Waals surface area contributed by atoms with Gasteiger partial charge in [0.2, 0.25) is 0 Å². The van der Waals surface area contributed by atoms with Gasteiger partial charge in [-0.15, -0.1) is 0 Å². The predicted octanol–water partition coefficient (Wildman–Crippen LogP) is 4.89. The van der Waals surface area contributed by atoms with Crippen molar-refractivity contribution in [3.63, 3.8) is 0 Å². The minimum absolute atomic E-state index is 0.221. The van der Waals surface area contributed by atoms with Crippen LogP contribution >= 0.6 is 11.6 Å². The lowest BCUT2D eigenvalue weighted by Crippen LogP contribution is -2.04. The Balaban J connectivity index is 2.52. The highest BCUT2D eigenvalue weighted by atomic mass is 35.5. The number of hydrogen-bond acceptors (Lipinski definition) is 1. The quantitative estimate of drug-likeness (QED) is 0.570. The third kappa shape index (κ3) is 2.99. The normalized spacial score (nSPS) is 11.4. The van der Waals surface area contributed by atoms with E-state index in [-0.39, 0.29) is 16.7 Å². The Morgan fingerprint density at radius 3 is 2.25 bits per heavy atom. The SMILES string of the molecule is O=C(Cl)c1cc(-c2cccc(C(F)(F)F)c2)ccc1F. The number of hydrogen-bond donors (Lipinski definition) is 0. The van der Waals surface area contributed by atoms with Crippen LogP contribution in [0.4, 0.5) is 17.6 Å². The van der Waals surface area contributed by atoms with E-state index in [1.54, 1.807) is 0 Å². The molecule has 0 atom stereocenters. The van der Waals surface area contributed by atoms with Crippen molar-refractivity contribution < 1.29 is 22.4 Å².